The second kappa shape index (κ2) is 8.28. The van der Waals surface area contributed by atoms with Gasteiger partial charge in [0.05, 0.1) is 12.9 Å². The van der Waals surface area contributed by atoms with Crippen LogP contribution in [0.25, 0.3) is 6.08 Å². The molecule has 0 radical (unpaired) electrons. The van der Waals surface area contributed by atoms with Crippen molar-refractivity contribution in [2.75, 3.05) is 31.7 Å². The van der Waals surface area contributed by atoms with Crippen molar-refractivity contribution < 1.29 is 17.9 Å². The maximum Gasteiger partial charge on any atom is 0.239 e. The Morgan fingerprint density at radius 2 is 2.22 bits per heavy atom. The summed E-state index contributed by atoms with van der Waals surface area (Å²) in [5, 5.41) is 8.44. The highest BCUT2D eigenvalue weighted by Gasteiger charge is 2.16. The molecule has 1 saturated heterocycles. The number of primary sulfonamides is 1. The number of nitrogens with two attached hydrogens (primary N) is 1. The van der Waals surface area contributed by atoms with Crippen LogP contribution in [0.1, 0.15) is 25.3 Å². The van der Waals surface area contributed by atoms with Gasteiger partial charge in [-0.2, -0.15) is 0 Å². The van der Waals surface area contributed by atoms with Crippen molar-refractivity contribution >= 4 is 21.9 Å². The number of hydrogen-bond donors (Lipinski definition) is 2. The third-order valence-electron chi connectivity index (χ3n) is 3.63. The lowest BCUT2D eigenvalue weighted by Gasteiger charge is -2.22. The molecule has 0 aromatic carbocycles. The van der Waals surface area contributed by atoms with Gasteiger partial charge < -0.3 is 14.8 Å². The van der Waals surface area contributed by atoms with Gasteiger partial charge in [-0.1, -0.05) is 0 Å². The first kappa shape index (κ1) is 17.7. The first-order chi connectivity index (χ1) is 11.0. The number of nitrogens with zero attached hydrogens (tertiary/aromatic N) is 1. The Labute approximate surface area is 136 Å². The van der Waals surface area contributed by atoms with E-state index in [1.807, 2.05) is 6.92 Å². The molecule has 23 heavy (non-hydrogen) atoms. The normalized spacial score (nSPS) is 16.6. The maximum atomic E-state index is 11.5. The van der Waals surface area contributed by atoms with Crippen molar-refractivity contribution in [1.82, 2.24) is 4.98 Å². The molecule has 7 nitrogen and oxygen atoms in total. The van der Waals surface area contributed by atoms with Gasteiger partial charge >= 0.3 is 0 Å². The van der Waals surface area contributed by atoms with E-state index in [1.54, 1.807) is 6.08 Å². The molecular weight excluding hydrogens is 318 g/mol. The number of ether oxygens (including phenoxy) is 2. The molecule has 128 valence electrons. The largest absolute Gasteiger partial charge is 0.501 e. The van der Waals surface area contributed by atoms with Crippen LogP contribution < -0.4 is 10.5 Å². The van der Waals surface area contributed by atoms with E-state index in [9.17, 15) is 8.42 Å². The Morgan fingerprint density at radius 3 is 2.87 bits per heavy atom. The summed E-state index contributed by atoms with van der Waals surface area (Å²) in [6.45, 7) is 4.72. The molecule has 0 bridgehead atoms. The molecule has 2 rings (SSSR count). The quantitative estimate of drug-likeness (QED) is 0.730. The molecule has 1 aromatic rings. The second-order valence-electron chi connectivity index (χ2n) is 5.35. The summed E-state index contributed by atoms with van der Waals surface area (Å²) >= 11 is 0. The number of hydrogen-bond acceptors (Lipinski definition) is 6. The third-order valence-corrected chi connectivity index (χ3v) is 4.51. The van der Waals surface area contributed by atoms with Crippen molar-refractivity contribution in [3.8, 4) is 0 Å². The number of nitrogens with one attached hydrogen (secondary N) is 1. The van der Waals surface area contributed by atoms with E-state index in [0.29, 0.717) is 23.9 Å². The van der Waals surface area contributed by atoms with E-state index in [0.717, 1.165) is 32.6 Å². The minimum absolute atomic E-state index is 0.0229. The van der Waals surface area contributed by atoms with Crippen LogP contribution in [0.15, 0.2) is 23.4 Å². The van der Waals surface area contributed by atoms with E-state index >= 15 is 0 Å². The Hall–Kier alpha value is -1.64. The zero-order valence-electron chi connectivity index (χ0n) is 13.2. The monoisotopic (exact) mass is 341 g/mol. The summed E-state index contributed by atoms with van der Waals surface area (Å²) in [5.41, 5.74) is 0.622. The standard InChI is InChI=1S/C15H23N3O4S/c1-2-21-8-5-13-9-14(23(16,19)20)11-18-15(13)17-10-12-3-6-22-7-4-12/h5,8-9,11-12H,2-4,6-7,10H2,1H3,(H,17,18)(H2,16,19,20)/b8-5+. The molecule has 1 fully saturated rings. The summed E-state index contributed by atoms with van der Waals surface area (Å²) in [6.07, 6.45) is 6.47. The minimum atomic E-state index is -3.79. The van der Waals surface area contributed by atoms with Crippen LogP contribution in [-0.4, -0.2) is 39.8 Å². The van der Waals surface area contributed by atoms with Gasteiger partial charge in [0, 0.05) is 31.5 Å². The van der Waals surface area contributed by atoms with Crippen molar-refractivity contribution in [2.24, 2.45) is 11.1 Å². The lowest BCUT2D eigenvalue weighted by atomic mass is 10.0. The van der Waals surface area contributed by atoms with Crippen LogP contribution in [0.3, 0.4) is 0 Å². The van der Waals surface area contributed by atoms with E-state index in [-0.39, 0.29) is 4.90 Å². The van der Waals surface area contributed by atoms with Crippen molar-refractivity contribution in [2.45, 2.75) is 24.7 Å². The summed E-state index contributed by atoms with van der Waals surface area (Å²) in [6, 6.07) is 1.49. The first-order valence-electron chi connectivity index (χ1n) is 7.63. The molecule has 2 heterocycles. The van der Waals surface area contributed by atoms with Crippen LogP contribution in [0, 0.1) is 5.92 Å². The Morgan fingerprint density at radius 1 is 1.48 bits per heavy atom. The Bertz CT molecular complexity index is 640. The predicted molar refractivity (Wildman–Crippen MR) is 88.3 cm³/mol. The highest BCUT2D eigenvalue weighted by atomic mass is 32.2. The molecular formula is C15H23N3O4S. The van der Waals surface area contributed by atoms with E-state index < -0.39 is 10.0 Å². The third kappa shape index (κ3) is 5.49. The van der Waals surface area contributed by atoms with Gasteiger partial charge in [-0.3, -0.25) is 0 Å². The van der Waals surface area contributed by atoms with Gasteiger partial charge in [0.2, 0.25) is 10.0 Å². The highest BCUT2D eigenvalue weighted by Crippen LogP contribution is 2.21. The topological polar surface area (TPSA) is 104 Å². The van der Waals surface area contributed by atoms with Gasteiger partial charge in [0.15, 0.2) is 0 Å². The molecule has 1 aliphatic heterocycles. The van der Waals surface area contributed by atoms with Crippen molar-refractivity contribution in [3.05, 3.63) is 24.1 Å². The Kier molecular flexibility index (Phi) is 6.37. The van der Waals surface area contributed by atoms with Crippen LogP contribution in [0.2, 0.25) is 0 Å². The van der Waals surface area contributed by atoms with Crippen molar-refractivity contribution in [3.63, 3.8) is 0 Å². The number of rotatable bonds is 7. The highest BCUT2D eigenvalue weighted by molar-refractivity contribution is 7.89. The van der Waals surface area contributed by atoms with E-state index in [1.165, 1.54) is 18.5 Å². The lowest BCUT2D eigenvalue weighted by molar-refractivity contribution is 0.0699. The van der Waals surface area contributed by atoms with Gasteiger partial charge in [-0.05, 0) is 37.8 Å². The molecule has 0 amide bonds. The molecule has 1 aliphatic rings. The van der Waals surface area contributed by atoms with Crippen LogP contribution in [0.5, 0.6) is 0 Å². The zero-order valence-corrected chi connectivity index (χ0v) is 14.0. The fraction of sp³-hybridized carbons (Fsp3) is 0.533. The number of sulfonamides is 1. The first-order valence-corrected chi connectivity index (χ1v) is 9.18. The van der Waals surface area contributed by atoms with Crippen LogP contribution in [0.4, 0.5) is 5.82 Å². The van der Waals surface area contributed by atoms with Crippen molar-refractivity contribution in [1.29, 1.82) is 0 Å². The summed E-state index contributed by atoms with van der Waals surface area (Å²) in [5.74, 6) is 1.13. The van der Waals surface area contributed by atoms with Gasteiger partial charge in [0.1, 0.15) is 10.7 Å². The molecule has 0 aliphatic carbocycles. The summed E-state index contributed by atoms with van der Waals surface area (Å²) in [4.78, 5) is 4.18. The smallest absolute Gasteiger partial charge is 0.239 e. The fourth-order valence-electron chi connectivity index (χ4n) is 2.30. The molecule has 0 unspecified atom stereocenters. The average Bonchev–Trinajstić information content (AvgIpc) is 2.54. The Balaban J connectivity index is 2.15. The molecule has 3 N–H and O–H groups in total. The lowest BCUT2D eigenvalue weighted by Crippen LogP contribution is -2.23. The summed E-state index contributed by atoms with van der Waals surface area (Å²) in [7, 11) is -3.79. The molecule has 0 spiro atoms. The maximum absolute atomic E-state index is 11.5. The number of pyridine rings is 1. The molecule has 8 heteroatoms. The minimum Gasteiger partial charge on any atom is -0.501 e. The van der Waals surface area contributed by atoms with Gasteiger partial charge in [-0.25, -0.2) is 18.5 Å². The van der Waals surface area contributed by atoms with E-state index in [4.69, 9.17) is 14.6 Å². The average molecular weight is 341 g/mol. The number of aromatic nitrogens is 1. The molecule has 0 saturated carbocycles. The zero-order chi connectivity index (χ0) is 16.7. The second-order valence-corrected chi connectivity index (χ2v) is 6.91. The predicted octanol–water partition coefficient (Wildman–Crippen LogP) is 1.57. The summed E-state index contributed by atoms with van der Waals surface area (Å²) < 4.78 is 33.5. The fourth-order valence-corrected chi connectivity index (χ4v) is 2.79. The van der Waals surface area contributed by atoms with Crippen LogP contribution in [-0.2, 0) is 19.5 Å². The number of anilines is 1. The van der Waals surface area contributed by atoms with Gasteiger partial charge in [-0.15, -0.1) is 0 Å². The molecule has 0 atom stereocenters. The molecule has 1 aromatic heterocycles. The SMILES string of the molecule is CCO/C=C/c1cc(S(N)(=O)=O)cnc1NCC1CCOCC1. The van der Waals surface area contributed by atoms with Crippen LogP contribution >= 0.6 is 0 Å². The van der Waals surface area contributed by atoms with Gasteiger partial charge in [0.25, 0.3) is 0 Å². The van der Waals surface area contributed by atoms with E-state index in [2.05, 4.69) is 10.3 Å².